The molecule has 4 aromatic rings. The van der Waals surface area contributed by atoms with Crippen LogP contribution in [0.5, 0.6) is 0 Å². The number of aromatic nitrogens is 7. The number of nitrogens with one attached hydrogen (secondary N) is 2. The Kier molecular flexibility index (Phi) is 8.71. The van der Waals surface area contributed by atoms with Crippen molar-refractivity contribution >= 4 is 27.3 Å². The lowest BCUT2D eigenvalue weighted by molar-refractivity contribution is -0.212. The van der Waals surface area contributed by atoms with E-state index < -0.39 is 21.6 Å². The minimum Gasteiger partial charge on any atom is -0.381 e. The number of hydrogen-bond donors (Lipinski definition) is 2. The summed E-state index contributed by atoms with van der Waals surface area (Å²) in [6, 6.07) is 3.63. The molecule has 4 heterocycles. The van der Waals surface area contributed by atoms with Crippen molar-refractivity contribution in [3.8, 4) is 23.2 Å². The number of hydrogen-bond acceptors (Lipinski definition) is 10. The van der Waals surface area contributed by atoms with Crippen molar-refractivity contribution in [1.29, 1.82) is 0 Å². The summed E-state index contributed by atoms with van der Waals surface area (Å²) in [5.74, 6) is 7.51. The summed E-state index contributed by atoms with van der Waals surface area (Å²) in [4.78, 5) is 15.5. The van der Waals surface area contributed by atoms with Gasteiger partial charge in [0.15, 0.2) is 5.82 Å². The Balaban J connectivity index is 1.23. The first kappa shape index (κ1) is 31.5. The van der Waals surface area contributed by atoms with Gasteiger partial charge in [0.25, 0.3) is 10.0 Å². The smallest absolute Gasteiger partial charge is 0.381 e. The molecule has 0 radical (unpaired) electrons. The highest BCUT2D eigenvalue weighted by atomic mass is 32.2. The Morgan fingerprint density at radius 1 is 0.978 bits per heavy atom. The quantitative estimate of drug-likeness (QED) is 0.250. The molecule has 0 aromatic carbocycles. The number of nitrogens with zero attached hydrogens (tertiary/aromatic N) is 8. The van der Waals surface area contributed by atoms with Gasteiger partial charge in [0.1, 0.15) is 11.6 Å². The van der Waals surface area contributed by atoms with Crippen LogP contribution in [0.1, 0.15) is 49.7 Å². The van der Waals surface area contributed by atoms with Gasteiger partial charge in [0.05, 0.1) is 46.2 Å². The van der Waals surface area contributed by atoms with Crippen molar-refractivity contribution in [1.82, 2.24) is 38.8 Å². The second kappa shape index (κ2) is 12.7. The number of halogens is 3. The minimum absolute atomic E-state index is 0.0827. The van der Waals surface area contributed by atoms with Crippen molar-refractivity contribution in [2.45, 2.75) is 56.1 Å². The highest BCUT2D eigenvalue weighted by Gasteiger charge is 2.37. The molecule has 0 unspecified atom stereocenters. The van der Waals surface area contributed by atoms with E-state index in [-0.39, 0.29) is 22.1 Å². The molecule has 2 fully saturated rings. The molecule has 2 N–H and O–H groups in total. The number of anilines is 3. The van der Waals surface area contributed by atoms with E-state index in [1.54, 1.807) is 24.5 Å². The average molecular weight is 655 g/mol. The predicted molar refractivity (Wildman–Crippen MR) is 166 cm³/mol. The zero-order valence-electron chi connectivity index (χ0n) is 25.2. The summed E-state index contributed by atoms with van der Waals surface area (Å²) in [6.45, 7) is 1.04. The minimum atomic E-state index is -4.62. The summed E-state index contributed by atoms with van der Waals surface area (Å²) in [5.41, 5.74) is 1.78. The second-order valence-corrected chi connectivity index (χ2v) is 13.9. The van der Waals surface area contributed by atoms with Crippen molar-refractivity contribution in [2.24, 2.45) is 5.92 Å². The van der Waals surface area contributed by atoms with Crippen molar-refractivity contribution in [3.05, 3.63) is 60.4 Å². The molecule has 6 rings (SSSR count). The Labute approximate surface area is 264 Å². The molecule has 4 aromatic heterocycles. The summed E-state index contributed by atoms with van der Waals surface area (Å²) in [7, 11) is 0.632. The van der Waals surface area contributed by atoms with Gasteiger partial charge in [0.2, 0.25) is 0 Å². The zero-order valence-corrected chi connectivity index (χ0v) is 26.1. The van der Waals surface area contributed by atoms with E-state index in [4.69, 9.17) is 0 Å². The molecule has 0 amide bonds. The molecule has 16 heteroatoms. The Morgan fingerprint density at radius 3 is 2.46 bits per heavy atom. The largest absolute Gasteiger partial charge is 0.504 e. The van der Waals surface area contributed by atoms with E-state index in [0.717, 1.165) is 48.7 Å². The summed E-state index contributed by atoms with van der Waals surface area (Å²) in [5, 5.41) is 13.7. The van der Waals surface area contributed by atoms with Gasteiger partial charge >= 0.3 is 6.30 Å². The maximum atomic E-state index is 13.0. The van der Waals surface area contributed by atoms with Crippen LogP contribution in [0.2, 0.25) is 0 Å². The molecule has 2 aliphatic rings. The summed E-state index contributed by atoms with van der Waals surface area (Å²) < 4.78 is 65.0. The van der Waals surface area contributed by atoms with Gasteiger partial charge in [-0.1, -0.05) is 11.8 Å². The van der Waals surface area contributed by atoms with Gasteiger partial charge in [-0.05, 0) is 64.6 Å². The zero-order chi connectivity index (χ0) is 32.5. The standard InChI is InChI=1S/C30H33F3N10O2S/c1-41(2)17-20-4-7-24(8-5-20)38-26-13-28(35-15-22(26)6-3-21-14-36-42(18-21)30(31,32)33)39-27-11-12-34-29(40-27)23-16-37-43(19-23)46(44,45)25-9-10-25/h11-16,18-20,24-25H,4-5,7-10,17H2,1-2H3,(H2,34,35,38,39,40). The molecule has 0 bridgehead atoms. The molecule has 46 heavy (non-hydrogen) atoms. The normalized spacial score (nSPS) is 18.7. The Hall–Kier alpha value is -4.49. The lowest BCUT2D eigenvalue weighted by atomic mass is 9.85. The van der Waals surface area contributed by atoms with Gasteiger partial charge < -0.3 is 15.5 Å². The lowest BCUT2D eigenvalue weighted by Gasteiger charge is -2.31. The predicted octanol–water partition coefficient (Wildman–Crippen LogP) is 4.42. The van der Waals surface area contributed by atoms with E-state index in [1.807, 2.05) is 0 Å². The fraction of sp³-hybridized carbons (Fsp3) is 0.433. The van der Waals surface area contributed by atoms with Gasteiger partial charge in [0, 0.05) is 37.2 Å². The van der Waals surface area contributed by atoms with Crippen LogP contribution in [0.25, 0.3) is 11.4 Å². The molecule has 0 atom stereocenters. The lowest BCUT2D eigenvalue weighted by Crippen LogP contribution is -2.31. The molecule has 242 valence electrons. The van der Waals surface area contributed by atoms with E-state index in [2.05, 4.69) is 66.6 Å². The maximum absolute atomic E-state index is 13.0. The molecular weight excluding hydrogens is 621 g/mol. The van der Waals surface area contributed by atoms with Gasteiger partial charge in [-0.2, -0.15) is 19.0 Å². The SMILES string of the molecule is CN(C)CC1CCC(Nc2cc(Nc3ccnc(-c4cnn(S(=O)(=O)C5CC5)c4)n3)ncc2C#Cc2cnn(C(F)(F)F)c2)CC1. The molecule has 0 aliphatic heterocycles. The second-order valence-electron chi connectivity index (χ2n) is 11.9. The van der Waals surface area contributed by atoms with Crippen molar-refractivity contribution < 1.29 is 21.6 Å². The maximum Gasteiger partial charge on any atom is 0.504 e. The number of pyridine rings is 1. The van der Waals surface area contributed by atoms with Gasteiger partial charge in [-0.15, -0.1) is 13.2 Å². The van der Waals surface area contributed by atoms with Crippen LogP contribution in [0.15, 0.2) is 49.3 Å². The highest BCUT2D eigenvalue weighted by Crippen LogP contribution is 2.31. The van der Waals surface area contributed by atoms with E-state index in [9.17, 15) is 21.6 Å². The van der Waals surface area contributed by atoms with Crippen molar-refractivity contribution in [3.63, 3.8) is 0 Å². The topological polar surface area (TPSA) is 136 Å². The third kappa shape index (κ3) is 7.48. The van der Waals surface area contributed by atoms with Crippen LogP contribution >= 0.6 is 0 Å². The van der Waals surface area contributed by atoms with Crippen LogP contribution in [0.4, 0.5) is 30.5 Å². The molecule has 0 saturated heterocycles. The Morgan fingerprint density at radius 2 is 1.76 bits per heavy atom. The van der Waals surface area contributed by atoms with Crippen molar-refractivity contribution in [2.75, 3.05) is 31.3 Å². The highest BCUT2D eigenvalue weighted by molar-refractivity contribution is 7.90. The molecule has 2 saturated carbocycles. The molecule has 0 spiro atoms. The first-order valence-corrected chi connectivity index (χ1v) is 16.4. The molecule has 2 aliphatic carbocycles. The van der Waals surface area contributed by atoms with Gasteiger partial charge in [-0.25, -0.2) is 23.4 Å². The van der Waals surface area contributed by atoms with Crippen LogP contribution in [0.3, 0.4) is 0 Å². The summed E-state index contributed by atoms with van der Waals surface area (Å²) in [6.07, 6.45) is 8.55. The average Bonchev–Trinajstić information content (AvgIpc) is 3.55. The van der Waals surface area contributed by atoms with Crippen LogP contribution in [-0.4, -0.2) is 79.2 Å². The molecular formula is C30H33F3N10O2S. The van der Waals surface area contributed by atoms with E-state index in [1.165, 1.54) is 12.4 Å². The first-order valence-electron chi connectivity index (χ1n) is 14.9. The third-order valence-electron chi connectivity index (χ3n) is 7.85. The third-order valence-corrected chi connectivity index (χ3v) is 9.89. The van der Waals surface area contributed by atoms with Crippen LogP contribution in [-0.2, 0) is 16.3 Å². The monoisotopic (exact) mass is 654 g/mol. The fourth-order valence-electron chi connectivity index (χ4n) is 5.41. The van der Waals surface area contributed by atoms with Crippen LogP contribution in [0, 0.1) is 17.8 Å². The first-order chi connectivity index (χ1) is 21.9. The number of rotatable bonds is 9. The summed E-state index contributed by atoms with van der Waals surface area (Å²) >= 11 is 0. The molecule has 12 nitrogen and oxygen atoms in total. The fourth-order valence-corrected chi connectivity index (χ4v) is 6.89. The van der Waals surface area contributed by atoms with E-state index >= 15 is 0 Å². The van der Waals surface area contributed by atoms with Crippen LogP contribution < -0.4 is 10.6 Å². The van der Waals surface area contributed by atoms with E-state index in [0.29, 0.717) is 47.2 Å². The van der Waals surface area contributed by atoms with Gasteiger partial charge in [-0.3, -0.25) is 0 Å². The Bertz CT molecular complexity index is 1860. The number of alkyl halides is 3.